The van der Waals surface area contributed by atoms with Crippen LogP contribution < -0.4 is 5.32 Å². The maximum atomic E-state index is 12.6. The third-order valence-corrected chi connectivity index (χ3v) is 4.47. The zero-order valence-corrected chi connectivity index (χ0v) is 14.2. The SMILES string of the molecule is CSCCCCCN1C(=O)C(C(C)(C)C)NC(=O)C1C. The highest BCUT2D eigenvalue weighted by Crippen LogP contribution is 2.25. The maximum Gasteiger partial charge on any atom is 0.246 e. The molecule has 0 saturated carbocycles. The molecule has 0 bridgehead atoms. The molecule has 2 unspecified atom stereocenters. The highest BCUT2D eigenvalue weighted by molar-refractivity contribution is 7.98. The van der Waals surface area contributed by atoms with Gasteiger partial charge >= 0.3 is 0 Å². The highest BCUT2D eigenvalue weighted by atomic mass is 32.2. The lowest BCUT2D eigenvalue weighted by Gasteiger charge is -2.42. The third kappa shape index (κ3) is 4.40. The molecular weight excluding hydrogens is 272 g/mol. The summed E-state index contributed by atoms with van der Waals surface area (Å²) in [4.78, 5) is 26.3. The van der Waals surface area contributed by atoms with Gasteiger partial charge in [-0.1, -0.05) is 27.2 Å². The van der Waals surface area contributed by atoms with Gasteiger partial charge in [0.1, 0.15) is 12.1 Å². The van der Waals surface area contributed by atoms with E-state index in [1.54, 1.807) is 4.90 Å². The number of carbonyl (C=O) groups is 2. The Bertz CT molecular complexity index is 352. The average Bonchev–Trinajstić information content (AvgIpc) is 2.35. The topological polar surface area (TPSA) is 49.4 Å². The lowest BCUT2D eigenvalue weighted by atomic mass is 9.84. The first-order valence-corrected chi connectivity index (χ1v) is 8.78. The molecular formula is C15H28N2O2S. The molecule has 0 aromatic heterocycles. The average molecular weight is 300 g/mol. The number of amides is 2. The van der Waals surface area contributed by atoms with Crippen LogP contribution in [0.4, 0.5) is 0 Å². The molecule has 1 heterocycles. The number of nitrogens with one attached hydrogen (secondary N) is 1. The minimum Gasteiger partial charge on any atom is -0.342 e. The van der Waals surface area contributed by atoms with Gasteiger partial charge in [-0.15, -0.1) is 0 Å². The third-order valence-electron chi connectivity index (χ3n) is 3.78. The van der Waals surface area contributed by atoms with E-state index in [2.05, 4.69) is 11.6 Å². The Balaban J connectivity index is 2.62. The zero-order chi connectivity index (χ0) is 15.3. The number of piperazine rings is 1. The van der Waals surface area contributed by atoms with Crippen LogP contribution in [0.15, 0.2) is 0 Å². The lowest BCUT2D eigenvalue weighted by molar-refractivity contribution is -0.151. The second-order valence-corrected chi connectivity index (χ2v) is 7.55. The second kappa shape index (κ2) is 7.34. The number of hydrogen-bond donors (Lipinski definition) is 1. The first-order chi connectivity index (χ1) is 9.29. The minimum absolute atomic E-state index is 0.0337. The number of thioether (sulfide) groups is 1. The first kappa shape index (κ1) is 17.3. The van der Waals surface area contributed by atoms with Crippen molar-refractivity contribution < 1.29 is 9.59 Å². The van der Waals surface area contributed by atoms with E-state index in [0.717, 1.165) is 18.6 Å². The predicted octanol–water partition coefficient (Wildman–Crippen LogP) is 2.28. The molecule has 0 aromatic rings. The van der Waals surface area contributed by atoms with Crippen molar-refractivity contribution in [1.82, 2.24) is 10.2 Å². The van der Waals surface area contributed by atoms with E-state index in [1.165, 1.54) is 6.42 Å². The molecule has 0 aromatic carbocycles. The van der Waals surface area contributed by atoms with E-state index in [0.29, 0.717) is 6.54 Å². The summed E-state index contributed by atoms with van der Waals surface area (Å²) in [7, 11) is 0. The lowest BCUT2D eigenvalue weighted by Crippen LogP contribution is -2.65. The van der Waals surface area contributed by atoms with Crippen molar-refractivity contribution in [2.24, 2.45) is 5.41 Å². The smallest absolute Gasteiger partial charge is 0.246 e. The predicted molar refractivity (Wildman–Crippen MR) is 84.8 cm³/mol. The summed E-state index contributed by atoms with van der Waals surface area (Å²) in [5.41, 5.74) is -0.246. The van der Waals surface area contributed by atoms with Gasteiger partial charge < -0.3 is 10.2 Å². The van der Waals surface area contributed by atoms with E-state index in [9.17, 15) is 9.59 Å². The van der Waals surface area contributed by atoms with Gasteiger partial charge in [0.2, 0.25) is 11.8 Å². The Morgan fingerprint density at radius 2 is 1.85 bits per heavy atom. The number of rotatable bonds is 6. The van der Waals surface area contributed by atoms with Crippen molar-refractivity contribution >= 4 is 23.6 Å². The summed E-state index contributed by atoms with van der Waals surface area (Å²) in [6.07, 6.45) is 5.36. The molecule has 1 aliphatic rings. The van der Waals surface area contributed by atoms with Gasteiger partial charge in [0.15, 0.2) is 0 Å². The highest BCUT2D eigenvalue weighted by Gasteiger charge is 2.43. The summed E-state index contributed by atoms with van der Waals surface area (Å²) in [5.74, 6) is 1.19. The van der Waals surface area contributed by atoms with Crippen molar-refractivity contribution in [3.05, 3.63) is 0 Å². The summed E-state index contributed by atoms with van der Waals surface area (Å²) < 4.78 is 0. The van der Waals surface area contributed by atoms with Crippen LogP contribution in [0.1, 0.15) is 47.0 Å². The fourth-order valence-electron chi connectivity index (χ4n) is 2.42. The van der Waals surface area contributed by atoms with Crippen LogP contribution >= 0.6 is 11.8 Å². The minimum atomic E-state index is -0.405. The summed E-state index contributed by atoms with van der Waals surface area (Å²) in [5, 5.41) is 2.86. The quantitative estimate of drug-likeness (QED) is 0.766. The van der Waals surface area contributed by atoms with Crippen LogP contribution in [0.3, 0.4) is 0 Å². The van der Waals surface area contributed by atoms with Gasteiger partial charge in [0.25, 0.3) is 0 Å². The van der Waals surface area contributed by atoms with E-state index >= 15 is 0 Å². The molecule has 20 heavy (non-hydrogen) atoms. The van der Waals surface area contributed by atoms with Gasteiger partial charge in [-0.25, -0.2) is 0 Å². The van der Waals surface area contributed by atoms with Crippen LogP contribution in [0, 0.1) is 5.41 Å². The Hall–Kier alpha value is -0.710. The van der Waals surface area contributed by atoms with Crippen LogP contribution in [-0.4, -0.2) is 47.4 Å². The fraction of sp³-hybridized carbons (Fsp3) is 0.867. The normalized spacial score (nSPS) is 23.9. The van der Waals surface area contributed by atoms with Gasteiger partial charge in [-0.2, -0.15) is 11.8 Å². The Morgan fingerprint density at radius 3 is 2.40 bits per heavy atom. The molecule has 1 rings (SSSR count). The maximum absolute atomic E-state index is 12.6. The van der Waals surface area contributed by atoms with Crippen LogP contribution in [0.5, 0.6) is 0 Å². The van der Waals surface area contributed by atoms with E-state index in [4.69, 9.17) is 0 Å². The molecule has 1 aliphatic heterocycles. The molecule has 2 amide bonds. The Morgan fingerprint density at radius 1 is 1.20 bits per heavy atom. The van der Waals surface area contributed by atoms with Crippen LogP contribution in [0.2, 0.25) is 0 Å². The molecule has 0 radical (unpaired) electrons. The molecule has 1 N–H and O–H groups in total. The Labute approximate surface area is 127 Å². The van der Waals surface area contributed by atoms with E-state index in [-0.39, 0.29) is 23.3 Å². The number of carbonyl (C=O) groups excluding carboxylic acids is 2. The zero-order valence-electron chi connectivity index (χ0n) is 13.4. The molecule has 5 heteroatoms. The molecule has 116 valence electrons. The monoisotopic (exact) mass is 300 g/mol. The Kier molecular flexibility index (Phi) is 6.37. The molecule has 1 fully saturated rings. The number of nitrogens with zero attached hydrogens (tertiary/aromatic N) is 1. The first-order valence-electron chi connectivity index (χ1n) is 7.39. The largest absolute Gasteiger partial charge is 0.342 e. The molecule has 4 nitrogen and oxygen atoms in total. The van der Waals surface area contributed by atoms with Crippen LogP contribution in [0.25, 0.3) is 0 Å². The van der Waals surface area contributed by atoms with Crippen molar-refractivity contribution in [3.63, 3.8) is 0 Å². The summed E-state index contributed by atoms with van der Waals surface area (Å²) >= 11 is 1.85. The van der Waals surface area contributed by atoms with Crippen molar-refractivity contribution in [2.75, 3.05) is 18.6 Å². The van der Waals surface area contributed by atoms with Gasteiger partial charge in [-0.05, 0) is 37.2 Å². The van der Waals surface area contributed by atoms with Gasteiger partial charge in [-0.3, -0.25) is 9.59 Å². The standard InChI is InChI=1S/C15H28N2O2S/c1-11-13(18)16-12(15(2,3)4)14(19)17(11)9-7-6-8-10-20-5/h11-12H,6-10H2,1-5H3,(H,16,18). The van der Waals surface area contributed by atoms with Crippen LogP contribution in [-0.2, 0) is 9.59 Å². The fourth-order valence-corrected chi connectivity index (χ4v) is 2.91. The van der Waals surface area contributed by atoms with Crippen molar-refractivity contribution in [2.45, 2.75) is 59.0 Å². The summed E-state index contributed by atoms with van der Waals surface area (Å²) in [6, 6.07) is -0.751. The molecule has 2 atom stereocenters. The van der Waals surface area contributed by atoms with Gasteiger partial charge in [0, 0.05) is 6.54 Å². The van der Waals surface area contributed by atoms with Crippen molar-refractivity contribution in [3.8, 4) is 0 Å². The van der Waals surface area contributed by atoms with Gasteiger partial charge in [0.05, 0.1) is 0 Å². The van der Waals surface area contributed by atoms with E-state index < -0.39 is 6.04 Å². The van der Waals surface area contributed by atoms with Crippen molar-refractivity contribution in [1.29, 1.82) is 0 Å². The molecule has 0 spiro atoms. The molecule has 0 aliphatic carbocycles. The number of unbranched alkanes of at least 4 members (excludes halogenated alkanes) is 2. The second-order valence-electron chi connectivity index (χ2n) is 6.57. The molecule has 1 saturated heterocycles. The summed E-state index contributed by atoms with van der Waals surface area (Å²) in [6.45, 7) is 8.47. The van der Waals surface area contributed by atoms with E-state index in [1.807, 2.05) is 39.5 Å². The number of hydrogen-bond acceptors (Lipinski definition) is 3.